The van der Waals surface area contributed by atoms with Crippen LogP contribution in [0.1, 0.15) is 31.0 Å². The molecule has 0 radical (unpaired) electrons. The first-order chi connectivity index (χ1) is 14.0. The first-order valence-corrected chi connectivity index (χ1v) is 10.0. The van der Waals surface area contributed by atoms with Gasteiger partial charge >= 0.3 is 0 Å². The SMILES string of the molecule is CCN(CC)CCN1C(=O)C(=O)/C(=C(\O)c2ccc(Cl)cc2)[C@H]1c1ccncc1. The van der Waals surface area contributed by atoms with Gasteiger partial charge in [-0.05, 0) is 55.1 Å². The Kier molecular flexibility index (Phi) is 6.67. The topological polar surface area (TPSA) is 73.7 Å². The molecular weight excluding hydrogens is 390 g/mol. The number of carbonyl (C=O) groups excluding carboxylic acids is 2. The van der Waals surface area contributed by atoms with Gasteiger partial charge < -0.3 is 14.9 Å². The second-order valence-corrected chi connectivity index (χ2v) is 7.24. The molecule has 3 rings (SSSR count). The van der Waals surface area contributed by atoms with Gasteiger partial charge in [0.25, 0.3) is 11.7 Å². The average Bonchev–Trinajstić information content (AvgIpc) is 3.00. The summed E-state index contributed by atoms with van der Waals surface area (Å²) < 4.78 is 0. The van der Waals surface area contributed by atoms with Gasteiger partial charge in [-0.25, -0.2) is 0 Å². The van der Waals surface area contributed by atoms with Crippen molar-refractivity contribution in [2.24, 2.45) is 0 Å². The maximum atomic E-state index is 12.9. The van der Waals surface area contributed by atoms with Crippen molar-refractivity contribution in [1.82, 2.24) is 14.8 Å². The molecule has 1 aromatic carbocycles. The molecule has 0 unspecified atom stereocenters. The molecule has 0 bridgehead atoms. The highest BCUT2D eigenvalue weighted by Crippen LogP contribution is 2.39. The lowest BCUT2D eigenvalue weighted by Crippen LogP contribution is -2.38. The fraction of sp³-hybridized carbons (Fsp3) is 0.318. The number of aromatic nitrogens is 1. The van der Waals surface area contributed by atoms with Crippen LogP contribution >= 0.6 is 11.6 Å². The van der Waals surface area contributed by atoms with Crippen LogP contribution in [0.15, 0.2) is 54.4 Å². The molecule has 0 aliphatic carbocycles. The number of amides is 1. The average molecular weight is 414 g/mol. The number of Topliss-reactive ketones (excluding diaryl/α,β-unsaturated/α-hetero) is 1. The molecule has 1 fully saturated rings. The van der Waals surface area contributed by atoms with Crippen molar-refractivity contribution in [3.63, 3.8) is 0 Å². The third kappa shape index (κ3) is 4.33. The summed E-state index contributed by atoms with van der Waals surface area (Å²) >= 11 is 5.94. The van der Waals surface area contributed by atoms with Crippen LogP contribution in [-0.2, 0) is 9.59 Å². The van der Waals surface area contributed by atoms with E-state index >= 15 is 0 Å². The summed E-state index contributed by atoms with van der Waals surface area (Å²) in [7, 11) is 0. The van der Waals surface area contributed by atoms with E-state index in [1.165, 1.54) is 4.90 Å². The quantitative estimate of drug-likeness (QED) is 0.427. The van der Waals surface area contributed by atoms with E-state index in [2.05, 4.69) is 23.7 Å². The number of rotatable bonds is 7. The number of carbonyl (C=O) groups is 2. The van der Waals surface area contributed by atoms with E-state index in [0.29, 0.717) is 23.7 Å². The summed E-state index contributed by atoms with van der Waals surface area (Å²) in [5.41, 5.74) is 1.26. The number of hydrogen-bond acceptors (Lipinski definition) is 5. The van der Waals surface area contributed by atoms with Gasteiger partial charge in [0, 0.05) is 36.1 Å². The molecule has 7 heteroatoms. The number of aliphatic hydroxyl groups excluding tert-OH is 1. The molecule has 1 aliphatic rings. The van der Waals surface area contributed by atoms with Crippen molar-refractivity contribution >= 4 is 29.1 Å². The number of pyridine rings is 1. The third-order valence-corrected chi connectivity index (χ3v) is 5.48. The smallest absolute Gasteiger partial charge is 0.295 e. The van der Waals surface area contributed by atoms with E-state index in [4.69, 9.17) is 11.6 Å². The minimum Gasteiger partial charge on any atom is -0.507 e. The Morgan fingerprint density at radius 1 is 1.10 bits per heavy atom. The molecule has 2 aromatic rings. The molecule has 0 spiro atoms. The molecule has 1 atom stereocenters. The van der Waals surface area contributed by atoms with E-state index in [0.717, 1.165) is 18.7 Å². The van der Waals surface area contributed by atoms with E-state index < -0.39 is 17.7 Å². The fourth-order valence-electron chi connectivity index (χ4n) is 3.56. The first-order valence-electron chi connectivity index (χ1n) is 9.64. The van der Waals surface area contributed by atoms with Crippen LogP contribution in [0.25, 0.3) is 5.76 Å². The second kappa shape index (κ2) is 9.20. The minimum atomic E-state index is -0.682. The zero-order valence-corrected chi connectivity index (χ0v) is 17.3. The van der Waals surface area contributed by atoms with Gasteiger partial charge in [0.1, 0.15) is 5.76 Å². The van der Waals surface area contributed by atoms with E-state index in [1.807, 2.05) is 0 Å². The van der Waals surface area contributed by atoms with Gasteiger partial charge in [-0.15, -0.1) is 0 Å². The van der Waals surface area contributed by atoms with E-state index in [1.54, 1.807) is 48.8 Å². The predicted octanol–water partition coefficient (Wildman–Crippen LogP) is 3.50. The predicted molar refractivity (Wildman–Crippen MR) is 112 cm³/mol. The minimum absolute atomic E-state index is 0.0862. The van der Waals surface area contributed by atoms with Gasteiger partial charge in [0.15, 0.2) is 0 Å². The normalized spacial score (nSPS) is 18.6. The van der Waals surface area contributed by atoms with E-state index in [9.17, 15) is 14.7 Å². The van der Waals surface area contributed by atoms with Crippen molar-refractivity contribution < 1.29 is 14.7 Å². The Balaban J connectivity index is 2.06. The van der Waals surface area contributed by atoms with Crippen LogP contribution in [0.4, 0.5) is 0 Å². The van der Waals surface area contributed by atoms with Crippen molar-refractivity contribution in [2.45, 2.75) is 19.9 Å². The van der Waals surface area contributed by atoms with Crippen LogP contribution < -0.4 is 0 Å². The number of likely N-dealkylation sites (N-methyl/N-ethyl adjacent to an activating group) is 1. The summed E-state index contributed by atoms with van der Waals surface area (Å²) in [5, 5.41) is 11.4. The maximum Gasteiger partial charge on any atom is 0.295 e. The van der Waals surface area contributed by atoms with Crippen LogP contribution in [0.5, 0.6) is 0 Å². The van der Waals surface area contributed by atoms with Gasteiger partial charge in [0.05, 0.1) is 11.6 Å². The zero-order valence-electron chi connectivity index (χ0n) is 16.5. The van der Waals surface area contributed by atoms with Crippen molar-refractivity contribution in [1.29, 1.82) is 0 Å². The number of ketones is 1. The highest BCUT2D eigenvalue weighted by molar-refractivity contribution is 6.46. The van der Waals surface area contributed by atoms with Gasteiger partial charge in [-0.3, -0.25) is 14.6 Å². The Bertz CT molecular complexity index is 909. The van der Waals surface area contributed by atoms with Crippen LogP contribution in [-0.4, -0.2) is 57.8 Å². The van der Waals surface area contributed by atoms with Crippen LogP contribution in [0.2, 0.25) is 5.02 Å². The molecule has 1 saturated heterocycles. The fourth-order valence-corrected chi connectivity index (χ4v) is 3.68. The lowest BCUT2D eigenvalue weighted by molar-refractivity contribution is -0.140. The van der Waals surface area contributed by atoms with Gasteiger partial charge in [0.2, 0.25) is 0 Å². The number of nitrogens with zero attached hydrogens (tertiary/aromatic N) is 3. The summed E-state index contributed by atoms with van der Waals surface area (Å²) in [6.07, 6.45) is 3.23. The van der Waals surface area contributed by atoms with Crippen molar-refractivity contribution in [3.8, 4) is 0 Å². The third-order valence-electron chi connectivity index (χ3n) is 5.23. The number of hydrogen-bond donors (Lipinski definition) is 1. The Hall–Kier alpha value is -2.70. The molecular formula is C22H24ClN3O3. The monoisotopic (exact) mass is 413 g/mol. The zero-order chi connectivity index (χ0) is 21.0. The number of likely N-dealkylation sites (tertiary alicyclic amines) is 1. The number of aliphatic hydroxyl groups is 1. The number of benzene rings is 1. The molecule has 29 heavy (non-hydrogen) atoms. The van der Waals surface area contributed by atoms with Crippen LogP contribution in [0, 0.1) is 0 Å². The largest absolute Gasteiger partial charge is 0.507 e. The van der Waals surface area contributed by atoms with Gasteiger partial charge in [-0.1, -0.05) is 25.4 Å². The Morgan fingerprint density at radius 3 is 2.31 bits per heavy atom. The molecule has 1 amide bonds. The second-order valence-electron chi connectivity index (χ2n) is 6.81. The summed E-state index contributed by atoms with van der Waals surface area (Å²) in [5.74, 6) is -1.49. The highest BCUT2D eigenvalue weighted by atomic mass is 35.5. The molecule has 6 nitrogen and oxygen atoms in total. The number of halogens is 1. The summed E-state index contributed by atoms with van der Waals surface area (Å²) in [4.78, 5) is 33.5. The lowest BCUT2D eigenvalue weighted by atomic mass is 9.96. The standard InChI is InChI=1S/C22H24ClN3O3/c1-3-25(4-2)13-14-26-19(15-9-11-24-12-10-15)18(21(28)22(26)29)20(27)16-5-7-17(23)8-6-16/h5-12,19,27H,3-4,13-14H2,1-2H3/b20-18-/t19-/m1/s1. The molecule has 1 aliphatic heterocycles. The van der Waals surface area contributed by atoms with Crippen molar-refractivity contribution in [2.75, 3.05) is 26.2 Å². The lowest BCUT2D eigenvalue weighted by Gasteiger charge is -2.28. The summed E-state index contributed by atoms with van der Waals surface area (Å²) in [6, 6.07) is 9.38. The molecule has 2 heterocycles. The Morgan fingerprint density at radius 2 is 1.72 bits per heavy atom. The van der Waals surface area contributed by atoms with Crippen molar-refractivity contribution in [3.05, 3.63) is 70.5 Å². The van der Waals surface area contributed by atoms with Gasteiger partial charge in [-0.2, -0.15) is 0 Å². The highest BCUT2D eigenvalue weighted by Gasteiger charge is 2.45. The maximum absolute atomic E-state index is 12.9. The molecule has 1 aromatic heterocycles. The molecule has 152 valence electrons. The van der Waals surface area contributed by atoms with E-state index in [-0.39, 0.29) is 11.3 Å². The molecule has 0 saturated carbocycles. The molecule has 1 N–H and O–H groups in total. The summed E-state index contributed by atoms with van der Waals surface area (Å²) in [6.45, 7) is 6.84. The van der Waals surface area contributed by atoms with Crippen LogP contribution in [0.3, 0.4) is 0 Å². The Labute approximate surface area is 175 Å². The first kappa shape index (κ1) is 21.0.